The smallest absolute Gasteiger partial charge is 0.439 e. The van der Waals surface area contributed by atoms with Gasteiger partial charge in [0.1, 0.15) is 0 Å². The minimum atomic E-state index is -2.79. The van der Waals surface area contributed by atoms with Crippen LogP contribution in [0.15, 0.2) is 10.2 Å². The Morgan fingerprint density at radius 2 is 0.853 bits per heavy atom. The van der Waals surface area contributed by atoms with Gasteiger partial charge in [-0.05, 0) is 51.0 Å². The number of carbonyl (C=O) groups is 2. The molecule has 0 aliphatic rings. The van der Waals surface area contributed by atoms with E-state index < -0.39 is 28.8 Å². The van der Waals surface area contributed by atoms with Crippen LogP contribution >= 0.6 is 0 Å². The third kappa shape index (κ3) is 8.88. The van der Waals surface area contributed by atoms with Crippen LogP contribution in [-0.2, 0) is 8.85 Å². The molecule has 0 saturated heterocycles. The van der Waals surface area contributed by atoms with Crippen LogP contribution in [0.2, 0.25) is 33.2 Å². The van der Waals surface area contributed by atoms with Crippen molar-refractivity contribution in [3.05, 3.63) is 0 Å². The molecule has 0 heterocycles. The molecule has 0 aromatic heterocycles. The lowest BCUT2D eigenvalue weighted by Gasteiger charge is -2.56. The molecular weight excluding hydrogens is 460 g/mol. The molecule has 0 atom stereocenters. The quantitative estimate of drug-likeness (QED) is 0.238. The number of hydrogen-bond donors (Lipinski definition) is 0. The van der Waals surface area contributed by atoms with Gasteiger partial charge in [-0.25, -0.2) is 9.59 Å². The molecule has 0 spiro atoms. The van der Waals surface area contributed by atoms with Crippen molar-refractivity contribution in [1.29, 1.82) is 0 Å². The van der Waals surface area contributed by atoms with Gasteiger partial charge >= 0.3 is 12.2 Å². The van der Waals surface area contributed by atoms with Gasteiger partial charge in [0, 0.05) is 0 Å². The van der Waals surface area contributed by atoms with Crippen molar-refractivity contribution >= 4 is 28.8 Å². The van der Waals surface area contributed by atoms with Gasteiger partial charge in [-0.2, -0.15) is 0 Å². The molecular formula is C26H54N2O4Si2. The molecule has 0 unspecified atom stereocenters. The van der Waals surface area contributed by atoms with Crippen LogP contribution in [0.5, 0.6) is 0 Å². The Morgan fingerprint density at radius 3 is 1.09 bits per heavy atom. The van der Waals surface area contributed by atoms with Crippen molar-refractivity contribution in [3.8, 4) is 0 Å². The first-order valence-electron chi connectivity index (χ1n) is 12.9. The Bertz CT molecular complexity index is 649. The van der Waals surface area contributed by atoms with Crippen LogP contribution in [0.3, 0.4) is 0 Å². The Labute approximate surface area is 212 Å². The first-order chi connectivity index (χ1) is 15.0. The predicted octanol–water partition coefficient (Wildman–Crippen LogP) is 9.97. The molecule has 0 saturated carbocycles. The van der Waals surface area contributed by atoms with E-state index in [4.69, 9.17) is 8.85 Å². The second kappa shape index (κ2) is 11.8. The molecule has 6 nitrogen and oxygen atoms in total. The topological polar surface area (TPSA) is 77.3 Å². The molecule has 0 aliphatic heterocycles. The molecule has 34 heavy (non-hydrogen) atoms. The Hall–Kier alpha value is -1.03. The van der Waals surface area contributed by atoms with Crippen LogP contribution < -0.4 is 0 Å². The number of carbonyl (C=O) groups excluding carboxylic acids is 2. The summed E-state index contributed by atoms with van der Waals surface area (Å²) >= 11 is 0. The van der Waals surface area contributed by atoms with E-state index in [-0.39, 0.29) is 15.1 Å². The van der Waals surface area contributed by atoms with Crippen molar-refractivity contribution in [2.75, 3.05) is 0 Å². The summed E-state index contributed by atoms with van der Waals surface area (Å²) in [4.78, 5) is 25.8. The lowest BCUT2D eigenvalue weighted by Crippen LogP contribution is -2.61. The van der Waals surface area contributed by atoms with Gasteiger partial charge in [-0.15, -0.1) is 0 Å². The normalized spacial score (nSPS) is 14.4. The third-order valence-electron chi connectivity index (χ3n) is 6.27. The lowest BCUT2D eigenvalue weighted by atomic mass is 10.2. The number of amides is 2. The Balaban J connectivity index is 5.98. The highest BCUT2D eigenvalue weighted by molar-refractivity contribution is 6.83. The summed E-state index contributed by atoms with van der Waals surface area (Å²) in [5.41, 5.74) is 0. The van der Waals surface area contributed by atoms with Crippen molar-refractivity contribution in [3.63, 3.8) is 0 Å². The minimum absolute atomic E-state index is 0.247. The largest absolute Gasteiger partial charge is 0.501 e. The molecule has 0 aromatic rings. The van der Waals surface area contributed by atoms with E-state index in [1.54, 1.807) is 0 Å². The molecule has 0 N–H and O–H groups in total. The van der Waals surface area contributed by atoms with Crippen LogP contribution in [0, 0.1) is 17.8 Å². The molecule has 0 fully saturated rings. The zero-order chi connectivity index (χ0) is 27.3. The van der Waals surface area contributed by atoms with Gasteiger partial charge < -0.3 is 8.85 Å². The average molecular weight is 515 g/mol. The fraction of sp³-hybridized carbons (Fsp3) is 0.923. The van der Waals surface area contributed by atoms with Gasteiger partial charge in [0.25, 0.3) is 16.6 Å². The zero-order valence-electron chi connectivity index (χ0n) is 24.9. The first-order valence-corrected chi connectivity index (χ1v) is 17.3. The van der Waals surface area contributed by atoms with Gasteiger partial charge in [-0.1, -0.05) is 114 Å². The van der Waals surface area contributed by atoms with Crippen molar-refractivity contribution in [1.82, 2.24) is 0 Å². The van der Waals surface area contributed by atoms with E-state index in [2.05, 4.69) is 114 Å². The number of rotatable bonds is 8. The van der Waals surface area contributed by atoms with E-state index in [0.717, 1.165) is 18.1 Å². The van der Waals surface area contributed by atoms with Crippen LogP contribution in [-0.4, -0.2) is 28.8 Å². The highest BCUT2D eigenvalue weighted by atomic mass is 28.4. The van der Waals surface area contributed by atoms with Gasteiger partial charge in [-0.3, -0.25) is 0 Å². The second-order valence-electron chi connectivity index (χ2n) is 14.3. The maximum absolute atomic E-state index is 13.0. The van der Waals surface area contributed by atoms with E-state index >= 15 is 0 Å². The fourth-order valence-electron chi connectivity index (χ4n) is 6.88. The Morgan fingerprint density at radius 1 is 0.588 bits per heavy atom. The standard InChI is InChI=1S/C26H54N2O4Si2/c1-19(2)16-33(17-20(3)4,18-21(5)6)31-22(29)27-28-23(30)32-34(24(7,8)9,25(10,11)12)26(13,14)15/h19-21H,16-18H2,1-15H3. The summed E-state index contributed by atoms with van der Waals surface area (Å²) in [5, 5.41) is 6.68. The van der Waals surface area contributed by atoms with Crippen molar-refractivity contribution in [2.24, 2.45) is 28.0 Å². The van der Waals surface area contributed by atoms with E-state index in [9.17, 15) is 9.59 Å². The summed E-state index contributed by atoms with van der Waals surface area (Å²) in [6, 6.07) is 2.63. The molecule has 0 aliphatic carbocycles. The molecule has 0 rings (SSSR count). The molecule has 200 valence electrons. The average Bonchev–Trinajstić information content (AvgIpc) is 2.51. The molecule has 0 aromatic carbocycles. The molecule has 2 amide bonds. The lowest BCUT2D eigenvalue weighted by molar-refractivity contribution is 0.188. The maximum Gasteiger partial charge on any atom is 0.439 e. The van der Waals surface area contributed by atoms with Gasteiger partial charge in [0.05, 0.1) is 0 Å². The SMILES string of the molecule is CC(C)C[Si](CC(C)C)(CC(C)C)OC(=O)N=NC(=O)O[Si](C(C)(C)C)(C(C)(C)C)C(C)(C)C. The maximum atomic E-state index is 13.0. The summed E-state index contributed by atoms with van der Waals surface area (Å²) in [6.07, 6.45) is -1.56. The zero-order valence-corrected chi connectivity index (χ0v) is 26.9. The van der Waals surface area contributed by atoms with E-state index in [0.29, 0.717) is 17.8 Å². The highest BCUT2D eigenvalue weighted by Gasteiger charge is 2.64. The summed E-state index contributed by atoms with van der Waals surface area (Å²) in [7, 11) is -5.20. The summed E-state index contributed by atoms with van der Waals surface area (Å²) < 4.78 is 12.3. The van der Waals surface area contributed by atoms with E-state index in [1.165, 1.54) is 0 Å². The predicted molar refractivity (Wildman–Crippen MR) is 147 cm³/mol. The first kappa shape index (κ1) is 33.0. The number of azo groups is 1. The third-order valence-corrected chi connectivity index (χ3v) is 18.4. The van der Waals surface area contributed by atoms with Gasteiger partial charge in [0.2, 0.25) is 0 Å². The van der Waals surface area contributed by atoms with E-state index in [1.807, 2.05) is 0 Å². The Kier molecular flexibility index (Phi) is 11.4. The number of nitrogens with zero attached hydrogens (tertiary/aromatic N) is 2. The molecule has 0 bridgehead atoms. The summed E-state index contributed by atoms with van der Waals surface area (Å²) in [6.45, 7) is 32.1. The van der Waals surface area contributed by atoms with Crippen LogP contribution in [0.25, 0.3) is 0 Å². The fourth-order valence-corrected chi connectivity index (χ4v) is 20.5. The molecule has 8 heteroatoms. The highest BCUT2D eigenvalue weighted by Crippen LogP contribution is 2.62. The molecule has 0 radical (unpaired) electrons. The summed E-state index contributed by atoms with van der Waals surface area (Å²) in [5.74, 6) is 1.24. The van der Waals surface area contributed by atoms with Crippen LogP contribution in [0.4, 0.5) is 9.59 Å². The minimum Gasteiger partial charge on any atom is -0.501 e. The number of hydrogen-bond acceptors (Lipinski definition) is 4. The second-order valence-corrected chi connectivity index (χ2v) is 24.2. The van der Waals surface area contributed by atoms with Crippen molar-refractivity contribution in [2.45, 2.75) is 137 Å². The van der Waals surface area contributed by atoms with Gasteiger partial charge in [0.15, 0.2) is 0 Å². The van der Waals surface area contributed by atoms with Crippen molar-refractivity contribution < 1.29 is 18.4 Å². The van der Waals surface area contributed by atoms with Crippen LogP contribution in [0.1, 0.15) is 104 Å². The monoisotopic (exact) mass is 514 g/mol.